The Kier molecular flexibility index (Phi) is 11.0. The number of hydrogen-bond donors (Lipinski definition) is 1. The van der Waals surface area contributed by atoms with Crippen molar-refractivity contribution in [3.05, 3.63) is 101 Å². The molecular weight excluding hydrogens is 560 g/mol. The number of carbonyl (C=O) groups excluding carboxylic acids is 2. The van der Waals surface area contributed by atoms with Gasteiger partial charge in [0.05, 0.1) is 11.9 Å². The average molecular weight is 592 g/mol. The van der Waals surface area contributed by atoms with Crippen molar-refractivity contribution in [3.63, 3.8) is 0 Å². The summed E-state index contributed by atoms with van der Waals surface area (Å²) < 4.78 is 53.7. The topological polar surface area (TPSA) is 86.8 Å². The SMILES string of the molecule is CCCCNC(=O)[C@H](Cc1ccccc1)N(Cc1ccccc1Cl)C(=O)CN(c1ccc(F)c(F)c1)S(C)(=O)=O. The minimum absolute atomic E-state index is 0.0907. The lowest BCUT2D eigenvalue weighted by atomic mass is 10.0. The van der Waals surface area contributed by atoms with Gasteiger partial charge in [-0.3, -0.25) is 13.9 Å². The smallest absolute Gasteiger partial charge is 0.244 e. The van der Waals surface area contributed by atoms with E-state index in [1.165, 1.54) is 4.90 Å². The van der Waals surface area contributed by atoms with Crippen molar-refractivity contribution in [3.8, 4) is 0 Å². The van der Waals surface area contributed by atoms with Gasteiger partial charge in [-0.25, -0.2) is 17.2 Å². The first kappa shape index (κ1) is 31.0. The molecule has 0 heterocycles. The zero-order valence-electron chi connectivity index (χ0n) is 22.3. The van der Waals surface area contributed by atoms with E-state index >= 15 is 0 Å². The highest BCUT2D eigenvalue weighted by Gasteiger charge is 2.33. The summed E-state index contributed by atoms with van der Waals surface area (Å²) in [6, 6.07) is 17.5. The van der Waals surface area contributed by atoms with E-state index in [1.807, 2.05) is 37.3 Å². The van der Waals surface area contributed by atoms with E-state index in [4.69, 9.17) is 11.6 Å². The van der Waals surface area contributed by atoms with Crippen LogP contribution in [-0.4, -0.2) is 50.5 Å². The molecule has 3 rings (SSSR count). The van der Waals surface area contributed by atoms with Crippen LogP contribution in [0.2, 0.25) is 5.02 Å². The van der Waals surface area contributed by atoms with E-state index in [9.17, 15) is 26.8 Å². The van der Waals surface area contributed by atoms with E-state index < -0.39 is 46.1 Å². The van der Waals surface area contributed by atoms with Crippen LogP contribution in [-0.2, 0) is 32.6 Å². The molecule has 0 aliphatic carbocycles. The van der Waals surface area contributed by atoms with Crippen molar-refractivity contribution in [2.45, 2.75) is 38.8 Å². The van der Waals surface area contributed by atoms with Crippen LogP contribution in [0.3, 0.4) is 0 Å². The molecular formula is C29H32ClF2N3O4S. The molecule has 40 heavy (non-hydrogen) atoms. The van der Waals surface area contributed by atoms with Crippen LogP contribution < -0.4 is 9.62 Å². The molecule has 0 unspecified atom stereocenters. The Morgan fingerprint density at radius 2 is 1.65 bits per heavy atom. The number of hydrogen-bond acceptors (Lipinski definition) is 4. The molecule has 11 heteroatoms. The molecule has 3 aromatic carbocycles. The molecule has 1 N–H and O–H groups in total. The predicted octanol–water partition coefficient (Wildman–Crippen LogP) is 4.94. The maximum Gasteiger partial charge on any atom is 0.244 e. The molecule has 0 fully saturated rings. The normalized spacial score (nSPS) is 12.0. The summed E-state index contributed by atoms with van der Waals surface area (Å²) in [5.41, 5.74) is 1.12. The highest BCUT2D eigenvalue weighted by atomic mass is 35.5. The Morgan fingerprint density at radius 3 is 2.27 bits per heavy atom. The Balaban J connectivity index is 2.05. The second-order valence-electron chi connectivity index (χ2n) is 9.33. The van der Waals surface area contributed by atoms with Gasteiger partial charge in [0.1, 0.15) is 12.6 Å². The van der Waals surface area contributed by atoms with Crippen LogP contribution in [0.15, 0.2) is 72.8 Å². The summed E-state index contributed by atoms with van der Waals surface area (Å²) >= 11 is 6.40. The van der Waals surface area contributed by atoms with Gasteiger partial charge >= 0.3 is 0 Å². The van der Waals surface area contributed by atoms with Crippen LogP contribution in [0, 0.1) is 11.6 Å². The van der Waals surface area contributed by atoms with Crippen molar-refractivity contribution in [1.82, 2.24) is 10.2 Å². The van der Waals surface area contributed by atoms with Gasteiger partial charge in [-0.05, 0) is 35.7 Å². The molecule has 0 radical (unpaired) electrons. The highest BCUT2D eigenvalue weighted by Crippen LogP contribution is 2.24. The summed E-state index contributed by atoms with van der Waals surface area (Å²) in [4.78, 5) is 28.7. The van der Waals surface area contributed by atoms with Gasteiger partial charge in [0.25, 0.3) is 0 Å². The Morgan fingerprint density at radius 1 is 0.975 bits per heavy atom. The zero-order valence-corrected chi connectivity index (χ0v) is 23.9. The maximum absolute atomic E-state index is 14.0. The fourth-order valence-electron chi connectivity index (χ4n) is 4.12. The molecule has 0 aliphatic heterocycles. The fourth-order valence-corrected chi connectivity index (χ4v) is 5.16. The third-order valence-corrected chi connectivity index (χ3v) is 7.78. The van der Waals surface area contributed by atoms with Crippen molar-refractivity contribution < 1.29 is 26.8 Å². The van der Waals surface area contributed by atoms with Crippen LogP contribution in [0.25, 0.3) is 0 Å². The minimum Gasteiger partial charge on any atom is -0.354 e. The van der Waals surface area contributed by atoms with E-state index in [-0.39, 0.29) is 18.7 Å². The van der Waals surface area contributed by atoms with Crippen LogP contribution in [0.1, 0.15) is 30.9 Å². The van der Waals surface area contributed by atoms with Gasteiger partial charge in [0.2, 0.25) is 21.8 Å². The summed E-state index contributed by atoms with van der Waals surface area (Å²) in [5, 5.41) is 3.25. The van der Waals surface area contributed by atoms with Gasteiger partial charge < -0.3 is 10.2 Å². The molecule has 1 atom stereocenters. The number of sulfonamides is 1. The number of unbranched alkanes of at least 4 members (excludes halogenated alkanes) is 1. The lowest BCUT2D eigenvalue weighted by Crippen LogP contribution is -2.53. The molecule has 7 nitrogen and oxygen atoms in total. The van der Waals surface area contributed by atoms with Crippen molar-refractivity contribution in [1.29, 1.82) is 0 Å². The minimum atomic E-state index is -4.11. The van der Waals surface area contributed by atoms with Crippen molar-refractivity contribution >= 4 is 39.1 Å². The summed E-state index contributed by atoms with van der Waals surface area (Å²) in [5.74, 6) is -3.54. The Bertz CT molecular complexity index is 1420. The van der Waals surface area contributed by atoms with E-state index in [2.05, 4.69) is 5.32 Å². The quantitative estimate of drug-likeness (QED) is 0.285. The number of halogens is 3. The first-order chi connectivity index (χ1) is 19.0. The number of rotatable bonds is 13. The third kappa shape index (κ3) is 8.50. The number of carbonyl (C=O) groups is 2. The van der Waals surface area contributed by atoms with Gasteiger partial charge in [-0.2, -0.15) is 0 Å². The molecule has 214 valence electrons. The fraction of sp³-hybridized carbons (Fsp3) is 0.310. The second-order valence-corrected chi connectivity index (χ2v) is 11.6. The molecule has 0 aliphatic rings. The standard InChI is InChI=1S/C29H32ClF2N3O4S/c1-3-4-16-33-29(37)27(17-21-10-6-5-7-11-21)34(19-22-12-8-9-13-24(22)30)28(36)20-35(40(2,38)39)23-14-15-25(31)26(32)18-23/h5-15,18,27H,3-4,16-17,19-20H2,1-2H3,(H,33,37)/t27-/m0/s1. The van der Waals surface area contributed by atoms with E-state index in [1.54, 1.807) is 24.3 Å². The summed E-state index contributed by atoms with van der Waals surface area (Å²) in [7, 11) is -4.11. The Labute approximate surface area is 238 Å². The molecule has 3 aromatic rings. The average Bonchev–Trinajstić information content (AvgIpc) is 2.91. The lowest BCUT2D eigenvalue weighted by Gasteiger charge is -2.33. The summed E-state index contributed by atoms with van der Waals surface area (Å²) in [6.45, 7) is 1.55. The first-order valence-corrected chi connectivity index (χ1v) is 15.0. The second kappa shape index (κ2) is 14.2. The van der Waals surface area contributed by atoms with Crippen LogP contribution >= 0.6 is 11.6 Å². The molecule has 0 saturated carbocycles. The van der Waals surface area contributed by atoms with Crippen LogP contribution in [0.4, 0.5) is 14.5 Å². The lowest BCUT2D eigenvalue weighted by molar-refractivity contribution is -0.140. The maximum atomic E-state index is 14.0. The molecule has 0 aromatic heterocycles. The number of benzene rings is 3. The number of amides is 2. The van der Waals surface area contributed by atoms with Crippen LogP contribution in [0.5, 0.6) is 0 Å². The van der Waals surface area contributed by atoms with Gasteiger partial charge in [-0.1, -0.05) is 73.5 Å². The molecule has 0 saturated heterocycles. The highest BCUT2D eigenvalue weighted by molar-refractivity contribution is 7.92. The largest absolute Gasteiger partial charge is 0.354 e. The molecule has 0 bridgehead atoms. The Hall–Kier alpha value is -3.50. The summed E-state index contributed by atoms with van der Waals surface area (Å²) in [6.07, 6.45) is 2.60. The zero-order chi connectivity index (χ0) is 29.3. The molecule has 0 spiro atoms. The van der Waals surface area contributed by atoms with Gasteiger partial charge in [0.15, 0.2) is 11.6 Å². The predicted molar refractivity (Wildman–Crippen MR) is 152 cm³/mol. The number of nitrogens with zero attached hydrogens (tertiary/aromatic N) is 2. The monoisotopic (exact) mass is 591 g/mol. The third-order valence-electron chi connectivity index (χ3n) is 6.27. The van der Waals surface area contributed by atoms with E-state index in [0.29, 0.717) is 27.5 Å². The van der Waals surface area contributed by atoms with Crippen molar-refractivity contribution in [2.24, 2.45) is 0 Å². The number of anilines is 1. The van der Waals surface area contributed by atoms with Gasteiger partial charge in [0, 0.05) is 30.6 Å². The van der Waals surface area contributed by atoms with Gasteiger partial charge in [-0.15, -0.1) is 0 Å². The molecule has 2 amide bonds. The number of nitrogens with one attached hydrogen (secondary N) is 1. The van der Waals surface area contributed by atoms with Crippen molar-refractivity contribution in [2.75, 3.05) is 23.7 Å². The van der Waals surface area contributed by atoms with E-state index in [0.717, 1.165) is 36.8 Å². The first-order valence-electron chi connectivity index (χ1n) is 12.8.